The molecule has 0 spiro atoms. The molecular formula is C18H29F2IN4O2. The van der Waals surface area contributed by atoms with E-state index >= 15 is 0 Å². The summed E-state index contributed by atoms with van der Waals surface area (Å²) in [7, 11) is 3.44. The second kappa shape index (κ2) is 13.1. The lowest BCUT2D eigenvalue weighted by Crippen LogP contribution is -2.49. The minimum absolute atomic E-state index is 0. The van der Waals surface area contributed by atoms with Gasteiger partial charge in [-0.15, -0.1) is 24.0 Å². The summed E-state index contributed by atoms with van der Waals surface area (Å²) in [5.41, 5.74) is 0. The Morgan fingerprint density at radius 1 is 1.22 bits per heavy atom. The van der Waals surface area contributed by atoms with E-state index in [4.69, 9.17) is 9.47 Å². The zero-order valence-electron chi connectivity index (χ0n) is 15.8. The Morgan fingerprint density at radius 3 is 2.59 bits per heavy atom. The Bertz CT molecular complexity index is 584. The van der Waals surface area contributed by atoms with Gasteiger partial charge in [-0.2, -0.15) is 0 Å². The molecule has 0 amide bonds. The smallest absolute Gasteiger partial charge is 0.191 e. The Hall–Kier alpha value is -1.20. The van der Waals surface area contributed by atoms with Gasteiger partial charge in [-0.25, -0.2) is 8.78 Å². The van der Waals surface area contributed by atoms with Crippen molar-refractivity contribution in [1.29, 1.82) is 0 Å². The standard InChI is InChI=1S/C18H28F2N4O2.HI/c1-21-18(23-14-5-8-24(9-6-14)10-12-25-2)22-7-11-26-15-3-4-16(19)17(20)13-15;/h3-4,13-14H,5-12H2,1-2H3,(H2,21,22,23);1H. The molecule has 1 aromatic rings. The molecule has 1 aliphatic rings. The first-order valence-corrected chi connectivity index (χ1v) is 8.88. The van der Waals surface area contributed by atoms with E-state index in [1.807, 2.05) is 0 Å². The molecule has 154 valence electrons. The van der Waals surface area contributed by atoms with Crippen molar-refractivity contribution >= 4 is 29.9 Å². The predicted molar refractivity (Wildman–Crippen MR) is 113 cm³/mol. The van der Waals surface area contributed by atoms with Crippen LogP contribution in [0.4, 0.5) is 8.78 Å². The number of likely N-dealkylation sites (tertiary alicyclic amines) is 1. The molecule has 1 aromatic carbocycles. The van der Waals surface area contributed by atoms with Gasteiger partial charge < -0.3 is 25.0 Å². The number of nitrogens with one attached hydrogen (secondary N) is 2. The summed E-state index contributed by atoms with van der Waals surface area (Å²) in [5.74, 6) is -0.774. The van der Waals surface area contributed by atoms with E-state index in [-0.39, 0.29) is 24.0 Å². The molecule has 1 saturated heterocycles. The van der Waals surface area contributed by atoms with Gasteiger partial charge in [0, 0.05) is 45.9 Å². The van der Waals surface area contributed by atoms with Crippen LogP contribution in [0.25, 0.3) is 0 Å². The molecule has 9 heteroatoms. The fraction of sp³-hybridized carbons (Fsp3) is 0.611. The molecule has 0 radical (unpaired) electrons. The van der Waals surface area contributed by atoms with Crippen LogP contribution in [-0.2, 0) is 4.74 Å². The summed E-state index contributed by atoms with van der Waals surface area (Å²) in [5, 5.41) is 6.58. The lowest BCUT2D eigenvalue weighted by molar-refractivity contribution is 0.128. The maximum atomic E-state index is 13.1. The first kappa shape index (κ1) is 23.8. The fourth-order valence-corrected chi connectivity index (χ4v) is 2.81. The number of guanidine groups is 1. The van der Waals surface area contributed by atoms with Gasteiger partial charge in [-0.1, -0.05) is 0 Å². The molecule has 2 N–H and O–H groups in total. The molecule has 1 fully saturated rings. The second-order valence-electron chi connectivity index (χ2n) is 6.18. The number of piperidine rings is 1. The highest BCUT2D eigenvalue weighted by Gasteiger charge is 2.19. The van der Waals surface area contributed by atoms with E-state index in [2.05, 4.69) is 20.5 Å². The molecule has 1 heterocycles. The van der Waals surface area contributed by atoms with Gasteiger partial charge in [0.05, 0.1) is 13.2 Å². The first-order valence-electron chi connectivity index (χ1n) is 8.88. The average molecular weight is 498 g/mol. The molecule has 2 rings (SSSR count). The number of aliphatic imine (C=N–C) groups is 1. The van der Waals surface area contributed by atoms with E-state index in [1.165, 1.54) is 6.07 Å². The topological polar surface area (TPSA) is 58.1 Å². The van der Waals surface area contributed by atoms with E-state index < -0.39 is 11.6 Å². The second-order valence-corrected chi connectivity index (χ2v) is 6.18. The Labute approximate surface area is 176 Å². The van der Waals surface area contributed by atoms with Crippen LogP contribution in [0.2, 0.25) is 0 Å². The molecule has 6 nitrogen and oxygen atoms in total. The van der Waals surface area contributed by atoms with Crippen LogP contribution in [0.1, 0.15) is 12.8 Å². The van der Waals surface area contributed by atoms with Crippen molar-refractivity contribution in [2.75, 3.05) is 53.6 Å². The number of methoxy groups -OCH3 is 1. The van der Waals surface area contributed by atoms with Crippen LogP contribution in [0.15, 0.2) is 23.2 Å². The van der Waals surface area contributed by atoms with Crippen molar-refractivity contribution in [3.05, 3.63) is 29.8 Å². The zero-order valence-corrected chi connectivity index (χ0v) is 18.2. The highest BCUT2D eigenvalue weighted by molar-refractivity contribution is 14.0. The van der Waals surface area contributed by atoms with Crippen molar-refractivity contribution in [3.8, 4) is 5.75 Å². The quantitative estimate of drug-likeness (QED) is 0.249. The monoisotopic (exact) mass is 498 g/mol. The summed E-state index contributed by atoms with van der Waals surface area (Å²) in [6.45, 7) is 4.64. The molecule has 0 saturated carbocycles. The molecule has 1 aliphatic heterocycles. The maximum Gasteiger partial charge on any atom is 0.191 e. The number of halogens is 3. The van der Waals surface area contributed by atoms with E-state index in [1.54, 1.807) is 14.2 Å². The summed E-state index contributed by atoms with van der Waals surface area (Å²) in [6, 6.07) is 3.88. The highest BCUT2D eigenvalue weighted by atomic mass is 127. The number of rotatable bonds is 8. The Morgan fingerprint density at radius 2 is 1.96 bits per heavy atom. The largest absolute Gasteiger partial charge is 0.492 e. The predicted octanol–water partition coefficient (Wildman–Crippen LogP) is 2.24. The SMILES string of the molecule is CN=C(NCCOc1ccc(F)c(F)c1)NC1CCN(CCOC)CC1.I. The summed E-state index contributed by atoms with van der Waals surface area (Å²) in [6.07, 6.45) is 2.10. The third-order valence-corrected chi connectivity index (χ3v) is 4.32. The highest BCUT2D eigenvalue weighted by Crippen LogP contribution is 2.15. The lowest BCUT2D eigenvalue weighted by Gasteiger charge is -2.32. The van der Waals surface area contributed by atoms with Crippen LogP contribution in [0, 0.1) is 11.6 Å². The number of ether oxygens (including phenoxy) is 2. The minimum Gasteiger partial charge on any atom is -0.492 e. The molecular weight excluding hydrogens is 469 g/mol. The summed E-state index contributed by atoms with van der Waals surface area (Å²) < 4.78 is 36.5. The maximum absolute atomic E-state index is 13.1. The van der Waals surface area contributed by atoms with Gasteiger partial charge in [0.25, 0.3) is 0 Å². The van der Waals surface area contributed by atoms with Gasteiger partial charge >= 0.3 is 0 Å². The van der Waals surface area contributed by atoms with E-state index in [0.29, 0.717) is 30.9 Å². The summed E-state index contributed by atoms with van der Waals surface area (Å²) in [4.78, 5) is 6.61. The van der Waals surface area contributed by atoms with Crippen molar-refractivity contribution in [2.45, 2.75) is 18.9 Å². The van der Waals surface area contributed by atoms with Crippen LogP contribution in [-0.4, -0.2) is 70.5 Å². The third kappa shape index (κ3) is 8.56. The molecule has 0 unspecified atom stereocenters. The van der Waals surface area contributed by atoms with Crippen molar-refractivity contribution in [3.63, 3.8) is 0 Å². The van der Waals surface area contributed by atoms with Gasteiger partial charge in [0.15, 0.2) is 17.6 Å². The zero-order chi connectivity index (χ0) is 18.8. The van der Waals surface area contributed by atoms with Gasteiger partial charge in [0.2, 0.25) is 0 Å². The van der Waals surface area contributed by atoms with Crippen molar-refractivity contribution in [2.24, 2.45) is 4.99 Å². The third-order valence-electron chi connectivity index (χ3n) is 4.32. The Balaban J connectivity index is 0.00000364. The number of hydrogen-bond acceptors (Lipinski definition) is 4. The van der Waals surface area contributed by atoms with E-state index in [0.717, 1.165) is 51.2 Å². The van der Waals surface area contributed by atoms with Crippen LogP contribution in [0.5, 0.6) is 5.75 Å². The van der Waals surface area contributed by atoms with E-state index in [9.17, 15) is 8.78 Å². The average Bonchev–Trinajstić information content (AvgIpc) is 2.66. The van der Waals surface area contributed by atoms with Gasteiger partial charge in [-0.05, 0) is 25.0 Å². The van der Waals surface area contributed by atoms with Crippen molar-refractivity contribution in [1.82, 2.24) is 15.5 Å². The van der Waals surface area contributed by atoms with Crippen LogP contribution in [0.3, 0.4) is 0 Å². The number of benzene rings is 1. The molecule has 0 bridgehead atoms. The fourth-order valence-electron chi connectivity index (χ4n) is 2.81. The van der Waals surface area contributed by atoms with Crippen LogP contribution >= 0.6 is 24.0 Å². The first-order chi connectivity index (χ1) is 12.6. The van der Waals surface area contributed by atoms with Gasteiger partial charge in [0.1, 0.15) is 12.4 Å². The number of nitrogens with zero attached hydrogens (tertiary/aromatic N) is 2. The van der Waals surface area contributed by atoms with Crippen LogP contribution < -0.4 is 15.4 Å². The van der Waals surface area contributed by atoms with Gasteiger partial charge in [-0.3, -0.25) is 4.99 Å². The van der Waals surface area contributed by atoms with Crippen molar-refractivity contribution < 1.29 is 18.3 Å². The summed E-state index contributed by atoms with van der Waals surface area (Å²) >= 11 is 0. The molecule has 0 atom stereocenters. The lowest BCUT2D eigenvalue weighted by atomic mass is 10.1. The molecule has 27 heavy (non-hydrogen) atoms. The molecule has 0 aromatic heterocycles. The minimum atomic E-state index is -0.912. The number of hydrogen-bond donors (Lipinski definition) is 2. The normalized spacial score (nSPS) is 15.9. The Kier molecular flexibility index (Phi) is 11.5. The molecule has 0 aliphatic carbocycles.